The lowest BCUT2D eigenvalue weighted by molar-refractivity contribution is 0.0753. The molecule has 0 unspecified atom stereocenters. The number of rotatable bonds is 6. The number of nitrogens with one attached hydrogen (secondary N) is 1. The highest BCUT2D eigenvalue weighted by molar-refractivity contribution is 7.09. The molecule has 3 aromatic heterocycles. The van der Waals surface area contributed by atoms with Crippen LogP contribution in [0.5, 0.6) is 5.75 Å². The molecular formula is C23H26N4O5S. The number of aromatic nitrogens is 2. The van der Waals surface area contributed by atoms with Crippen molar-refractivity contribution in [2.24, 2.45) is 0 Å². The molecule has 0 radical (unpaired) electrons. The van der Waals surface area contributed by atoms with Crippen LogP contribution in [0.2, 0.25) is 0 Å². The Labute approximate surface area is 195 Å². The first-order valence-corrected chi connectivity index (χ1v) is 11.6. The van der Waals surface area contributed by atoms with Gasteiger partial charge in [0.15, 0.2) is 0 Å². The molecule has 1 aliphatic heterocycles. The first-order valence-electron chi connectivity index (χ1n) is 10.7. The highest BCUT2D eigenvalue weighted by atomic mass is 32.1. The van der Waals surface area contributed by atoms with Gasteiger partial charge in [0, 0.05) is 49.1 Å². The van der Waals surface area contributed by atoms with Crippen molar-refractivity contribution in [2.75, 3.05) is 20.2 Å². The maximum absolute atomic E-state index is 13.1. The smallest absolute Gasteiger partial charge is 0.273 e. The molecular weight excluding hydrogens is 444 g/mol. The number of thiazole rings is 1. The average molecular weight is 471 g/mol. The maximum atomic E-state index is 13.1. The van der Waals surface area contributed by atoms with Gasteiger partial charge in [0.05, 0.1) is 24.9 Å². The first-order chi connectivity index (χ1) is 15.9. The molecule has 3 aromatic rings. The summed E-state index contributed by atoms with van der Waals surface area (Å²) in [7, 11) is 1.43. The third kappa shape index (κ3) is 4.70. The summed E-state index contributed by atoms with van der Waals surface area (Å²) in [4.78, 5) is 45.1. The van der Waals surface area contributed by atoms with Crippen molar-refractivity contribution >= 4 is 23.2 Å². The van der Waals surface area contributed by atoms with Crippen LogP contribution in [0.1, 0.15) is 57.1 Å². The third-order valence-electron chi connectivity index (χ3n) is 5.57. The van der Waals surface area contributed by atoms with E-state index in [1.165, 1.54) is 30.8 Å². The fourth-order valence-corrected chi connectivity index (χ4v) is 4.65. The summed E-state index contributed by atoms with van der Waals surface area (Å²) in [5, 5.41) is 5.51. The predicted octanol–water partition coefficient (Wildman–Crippen LogP) is 2.66. The van der Waals surface area contributed by atoms with Crippen LogP contribution in [0.4, 0.5) is 0 Å². The molecule has 0 fully saturated rings. The van der Waals surface area contributed by atoms with E-state index in [1.807, 2.05) is 13.8 Å². The van der Waals surface area contributed by atoms with Crippen molar-refractivity contribution in [3.05, 3.63) is 67.9 Å². The van der Waals surface area contributed by atoms with Crippen LogP contribution in [0.15, 0.2) is 39.1 Å². The SMILES string of the molecule is COc1cc(=O)n2c(c1C(=O)NCc1ccco1)CCN(C(=O)c1csc(C(C)C)n1)CC2. The zero-order valence-corrected chi connectivity index (χ0v) is 19.6. The molecule has 0 bridgehead atoms. The monoisotopic (exact) mass is 470 g/mol. The van der Waals surface area contributed by atoms with Crippen molar-refractivity contribution < 1.29 is 18.7 Å². The molecule has 0 atom stereocenters. The van der Waals surface area contributed by atoms with Crippen LogP contribution in [0.3, 0.4) is 0 Å². The van der Waals surface area contributed by atoms with Crippen molar-refractivity contribution in [3.8, 4) is 5.75 Å². The quantitative estimate of drug-likeness (QED) is 0.594. The zero-order valence-electron chi connectivity index (χ0n) is 18.8. The standard InChI is InChI=1S/C23H26N4O5S/c1-14(2)22-25-16(13-33-22)23(30)26-7-6-17-20(21(29)24-12-15-5-4-10-32-15)18(31-3)11-19(28)27(17)9-8-26/h4-5,10-11,13-14H,6-9,12H2,1-3H3,(H,24,29). The van der Waals surface area contributed by atoms with Crippen LogP contribution >= 0.6 is 11.3 Å². The van der Waals surface area contributed by atoms with Crippen molar-refractivity contribution in [3.63, 3.8) is 0 Å². The number of carbonyl (C=O) groups is 2. The van der Waals surface area contributed by atoms with Gasteiger partial charge in [-0.15, -0.1) is 11.3 Å². The minimum absolute atomic E-state index is 0.171. The van der Waals surface area contributed by atoms with Gasteiger partial charge in [0.25, 0.3) is 17.4 Å². The first kappa shape index (κ1) is 22.8. The summed E-state index contributed by atoms with van der Waals surface area (Å²) in [5.41, 5.74) is 0.993. The zero-order chi connectivity index (χ0) is 23.5. The van der Waals surface area contributed by atoms with E-state index in [0.29, 0.717) is 42.2 Å². The van der Waals surface area contributed by atoms with Gasteiger partial charge >= 0.3 is 0 Å². The molecule has 1 N–H and O–H groups in total. The van der Waals surface area contributed by atoms with Gasteiger partial charge in [-0.2, -0.15) is 0 Å². The molecule has 10 heteroatoms. The second-order valence-electron chi connectivity index (χ2n) is 8.05. The van der Waals surface area contributed by atoms with E-state index in [1.54, 1.807) is 27.0 Å². The normalized spacial score (nSPS) is 13.5. The van der Waals surface area contributed by atoms with Crippen molar-refractivity contribution in [1.29, 1.82) is 0 Å². The van der Waals surface area contributed by atoms with Gasteiger partial charge < -0.3 is 23.9 Å². The van der Waals surface area contributed by atoms with E-state index in [2.05, 4.69) is 10.3 Å². The summed E-state index contributed by atoms with van der Waals surface area (Å²) in [5.74, 6) is 0.534. The molecule has 9 nitrogen and oxygen atoms in total. The number of hydrogen-bond acceptors (Lipinski definition) is 7. The van der Waals surface area contributed by atoms with Crippen LogP contribution < -0.4 is 15.6 Å². The molecule has 4 rings (SSSR count). The summed E-state index contributed by atoms with van der Waals surface area (Å²) in [6, 6.07) is 4.83. The van der Waals surface area contributed by atoms with Gasteiger partial charge in [-0.25, -0.2) is 4.98 Å². The predicted molar refractivity (Wildman–Crippen MR) is 123 cm³/mol. The summed E-state index contributed by atoms with van der Waals surface area (Å²) >= 11 is 1.47. The highest BCUT2D eigenvalue weighted by Gasteiger charge is 2.28. The Kier molecular flexibility index (Phi) is 6.64. The van der Waals surface area contributed by atoms with Gasteiger partial charge in [-0.1, -0.05) is 13.8 Å². The number of pyridine rings is 1. The number of amides is 2. The maximum Gasteiger partial charge on any atom is 0.273 e. The van der Waals surface area contributed by atoms with Crippen LogP contribution in [0, 0.1) is 0 Å². The largest absolute Gasteiger partial charge is 0.496 e. The molecule has 0 aliphatic carbocycles. The number of hydrogen-bond donors (Lipinski definition) is 1. The molecule has 0 spiro atoms. The van der Waals surface area contributed by atoms with E-state index < -0.39 is 0 Å². The summed E-state index contributed by atoms with van der Waals surface area (Å²) in [6.07, 6.45) is 1.87. The van der Waals surface area contributed by atoms with Crippen molar-refractivity contribution in [2.45, 2.75) is 39.3 Å². The van der Waals surface area contributed by atoms with Crippen LogP contribution in [-0.2, 0) is 19.5 Å². The van der Waals surface area contributed by atoms with E-state index >= 15 is 0 Å². The molecule has 0 aromatic carbocycles. The van der Waals surface area contributed by atoms with E-state index in [9.17, 15) is 14.4 Å². The van der Waals surface area contributed by atoms with Crippen LogP contribution in [0.25, 0.3) is 0 Å². The Morgan fingerprint density at radius 2 is 2.12 bits per heavy atom. The molecule has 1 aliphatic rings. The fourth-order valence-electron chi connectivity index (χ4n) is 3.84. The summed E-state index contributed by atoms with van der Waals surface area (Å²) < 4.78 is 12.2. The Morgan fingerprint density at radius 1 is 1.30 bits per heavy atom. The molecule has 33 heavy (non-hydrogen) atoms. The van der Waals surface area contributed by atoms with Gasteiger partial charge in [-0.3, -0.25) is 14.4 Å². The Morgan fingerprint density at radius 3 is 2.79 bits per heavy atom. The highest BCUT2D eigenvalue weighted by Crippen LogP contribution is 2.24. The van der Waals surface area contributed by atoms with E-state index in [-0.39, 0.29) is 42.1 Å². The summed E-state index contributed by atoms with van der Waals surface area (Å²) in [6.45, 7) is 5.27. The Hall–Kier alpha value is -3.40. The second kappa shape index (κ2) is 9.62. The number of nitrogens with zero attached hydrogens (tertiary/aromatic N) is 3. The fraction of sp³-hybridized carbons (Fsp3) is 0.391. The molecule has 4 heterocycles. The number of fused-ring (bicyclic) bond motifs is 1. The number of methoxy groups -OCH3 is 1. The van der Waals surface area contributed by atoms with Crippen molar-refractivity contribution in [1.82, 2.24) is 19.8 Å². The number of carbonyl (C=O) groups excluding carboxylic acids is 2. The minimum atomic E-state index is -0.368. The van der Waals surface area contributed by atoms with E-state index in [4.69, 9.17) is 9.15 Å². The lowest BCUT2D eigenvalue weighted by Gasteiger charge is -2.18. The number of furan rings is 1. The molecule has 174 valence electrons. The Balaban J connectivity index is 1.59. The van der Waals surface area contributed by atoms with E-state index in [0.717, 1.165) is 5.01 Å². The lowest BCUT2D eigenvalue weighted by atomic mass is 10.1. The van der Waals surface area contributed by atoms with Gasteiger partial charge in [0.1, 0.15) is 22.8 Å². The lowest BCUT2D eigenvalue weighted by Crippen LogP contribution is -2.34. The average Bonchev–Trinajstić information content (AvgIpc) is 3.46. The topological polar surface area (TPSA) is 107 Å². The van der Waals surface area contributed by atoms with Gasteiger partial charge in [0.2, 0.25) is 0 Å². The van der Waals surface area contributed by atoms with Crippen LogP contribution in [-0.4, -0.2) is 46.5 Å². The minimum Gasteiger partial charge on any atom is -0.496 e. The molecule has 0 saturated carbocycles. The Bertz CT molecular complexity index is 1210. The van der Waals surface area contributed by atoms with Gasteiger partial charge in [-0.05, 0) is 12.1 Å². The second-order valence-corrected chi connectivity index (χ2v) is 8.94. The molecule has 2 amide bonds. The third-order valence-corrected chi connectivity index (χ3v) is 6.71. The number of ether oxygens (including phenoxy) is 1. The molecule has 0 saturated heterocycles.